The third kappa shape index (κ3) is 2.34. The van der Waals surface area contributed by atoms with Crippen LogP contribution in [0.3, 0.4) is 0 Å². The van der Waals surface area contributed by atoms with Crippen molar-refractivity contribution in [2.45, 2.75) is 17.3 Å². The van der Waals surface area contributed by atoms with Crippen molar-refractivity contribution in [3.63, 3.8) is 0 Å². The van der Waals surface area contributed by atoms with Crippen molar-refractivity contribution < 1.29 is 17.9 Å². The van der Waals surface area contributed by atoms with Crippen LogP contribution < -0.4 is 5.73 Å². The summed E-state index contributed by atoms with van der Waals surface area (Å²) in [5.74, 6) is -0.490. The Labute approximate surface area is 87.5 Å². The molecule has 0 heterocycles. The number of aliphatic hydroxyl groups is 1. The molecule has 1 unspecified atom stereocenters. The van der Waals surface area contributed by atoms with Crippen LogP contribution >= 0.6 is 0 Å². The highest BCUT2D eigenvalue weighted by atomic mass is 32.2. The maximum atomic E-state index is 12.9. The number of halogens is 1. The summed E-state index contributed by atoms with van der Waals surface area (Å²) in [7, 11) is -3.86. The van der Waals surface area contributed by atoms with Gasteiger partial charge in [-0.2, -0.15) is 0 Å². The fourth-order valence-electron chi connectivity index (χ4n) is 1.08. The lowest BCUT2D eigenvalue weighted by atomic mass is 10.2. The zero-order valence-corrected chi connectivity index (χ0v) is 8.96. The molecule has 1 atom stereocenters. The Balaban J connectivity index is 3.23. The summed E-state index contributed by atoms with van der Waals surface area (Å²) in [6, 6.07) is 3.32. The summed E-state index contributed by atoms with van der Waals surface area (Å²) in [5.41, 5.74) is 3.62. The van der Waals surface area contributed by atoms with Crippen LogP contribution in [-0.2, 0) is 9.84 Å². The standard InChI is InChI=1S/C9H12FNO3S/c1-6-4-7(2-3-8(6)10)15(13,14)9(12)5-11/h2-4,9,12H,5,11H2,1H3. The van der Waals surface area contributed by atoms with E-state index < -0.39 is 27.6 Å². The summed E-state index contributed by atoms with van der Waals surface area (Å²) in [5, 5.41) is 9.19. The van der Waals surface area contributed by atoms with Gasteiger partial charge in [0.2, 0.25) is 9.84 Å². The van der Waals surface area contributed by atoms with Gasteiger partial charge in [0.15, 0.2) is 5.44 Å². The van der Waals surface area contributed by atoms with E-state index in [0.29, 0.717) is 0 Å². The molecule has 0 saturated heterocycles. The van der Waals surface area contributed by atoms with Crippen LogP contribution in [0.25, 0.3) is 0 Å². The number of benzene rings is 1. The molecule has 0 spiro atoms. The van der Waals surface area contributed by atoms with E-state index in [2.05, 4.69) is 0 Å². The van der Waals surface area contributed by atoms with E-state index in [9.17, 15) is 17.9 Å². The van der Waals surface area contributed by atoms with Crippen molar-refractivity contribution in [1.29, 1.82) is 0 Å². The molecule has 1 rings (SSSR count). The molecule has 84 valence electrons. The molecule has 0 aliphatic heterocycles. The zero-order chi connectivity index (χ0) is 11.6. The molecule has 0 fully saturated rings. The number of aliphatic hydroxyl groups excluding tert-OH is 1. The Bertz CT molecular complexity index is 458. The Kier molecular flexibility index (Phi) is 3.43. The van der Waals surface area contributed by atoms with Gasteiger partial charge in [-0.3, -0.25) is 0 Å². The lowest BCUT2D eigenvalue weighted by molar-refractivity contribution is 0.256. The molecule has 4 nitrogen and oxygen atoms in total. The molecule has 1 aromatic carbocycles. The van der Waals surface area contributed by atoms with E-state index in [0.717, 1.165) is 12.1 Å². The summed E-state index contributed by atoms with van der Waals surface area (Å²) in [4.78, 5) is -0.126. The minimum Gasteiger partial charge on any atom is -0.376 e. The summed E-state index contributed by atoms with van der Waals surface area (Å²) in [6.45, 7) is 1.06. The quantitative estimate of drug-likeness (QED) is 0.730. The maximum absolute atomic E-state index is 12.9. The van der Waals surface area contributed by atoms with Crippen molar-refractivity contribution >= 4 is 9.84 Å². The van der Waals surface area contributed by atoms with Crippen molar-refractivity contribution in [2.75, 3.05) is 6.54 Å². The van der Waals surface area contributed by atoms with E-state index in [1.807, 2.05) is 0 Å². The highest BCUT2D eigenvalue weighted by Gasteiger charge is 2.24. The minimum absolute atomic E-state index is 0.126. The SMILES string of the molecule is Cc1cc(S(=O)(=O)C(O)CN)ccc1F. The molecule has 0 saturated carbocycles. The van der Waals surface area contributed by atoms with E-state index in [-0.39, 0.29) is 10.5 Å². The Hall–Kier alpha value is -0.980. The number of nitrogens with two attached hydrogens (primary N) is 1. The highest BCUT2D eigenvalue weighted by Crippen LogP contribution is 2.17. The van der Waals surface area contributed by atoms with Gasteiger partial charge in [0.25, 0.3) is 0 Å². The molecule has 0 aromatic heterocycles. The number of aryl methyl sites for hydroxylation is 1. The van der Waals surface area contributed by atoms with Crippen molar-refractivity contribution in [3.8, 4) is 0 Å². The smallest absolute Gasteiger partial charge is 0.206 e. The van der Waals surface area contributed by atoms with Crippen LogP contribution in [0.5, 0.6) is 0 Å². The van der Waals surface area contributed by atoms with Gasteiger partial charge in [-0.25, -0.2) is 12.8 Å². The van der Waals surface area contributed by atoms with Crippen LogP contribution in [0.2, 0.25) is 0 Å². The molecule has 0 amide bonds. The first-order valence-corrected chi connectivity index (χ1v) is 5.82. The predicted octanol–water partition coefficient (Wildman–Crippen LogP) is 0.185. The highest BCUT2D eigenvalue weighted by molar-refractivity contribution is 7.91. The molecule has 0 aliphatic rings. The second-order valence-electron chi connectivity index (χ2n) is 3.15. The van der Waals surface area contributed by atoms with Gasteiger partial charge in [-0.1, -0.05) is 0 Å². The second-order valence-corrected chi connectivity index (χ2v) is 5.25. The largest absolute Gasteiger partial charge is 0.376 e. The van der Waals surface area contributed by atoms with Gasteiger partial charge in [-0.15, -0.1) is 0 Å². The van der Waals surface area contributed by atoms with Crippen LogP contribution in [0.1, 0.15) is 5.56 Å². The molecular weight excluding hydrogens is 221 g/mol. The number of hydrogen-bond acceptors (Lipinski definition) is 4. The minimum atomic E-state index is -3.86. The number of rotatable bonds is 3. The van der Waals surface area contributed by atoms with Crippen molar-refractivity contribution in [1.82, 2.24) is 0 Å². The van der Waals surface area contributed by atoms with E-state index in [4.69, 9.17) is 5.73 Å². The zero-order valence-electron chi connectivity index (χ0n) is 8.14. The summed E-state index contributed by atoms with van der Waals surface area (Å²) < 4.78 is 36.0. The molecule has 1 aromatic rings. The first-order chi connectivity index (χ1) is 6.89. The Morgan fingerprint density at radius 3 is 2.60 bits per heavy atom. The normalized spacial score (nSPS) is 13.9. The molecule has 15 heavy (non-hydrogen) atoms. The number of hydrogen-bond donors (Lipinski definition) is 2. The molecule has 3 N–H and O–H groups in total. The number of sulfone groups is 1. The first-order valence-electron chi connectivity index (χ1n) is 4.27. The average Bonchev–Trinajstić information content (AvgIpc) is 2.20. The van der Waals surface area contributed by atoms with E-state index >= 15 is 0 Å². The van der Waals surface area contributed by atoms with Crippen LogP contribution in [0, 0.1) is 12.7 Å². The molecule has 0 bridgehead atoms. The van der Waals surface area contributed by atoms with Crippen LogP contribution in [0.4, 0.5) is 4.39 Å². The van der Waals surface area contributed by atoms with Crippen LogP contribution in [-0.4, -0.2) is 25.5 Å². The van der Waals surface area contributed by atoms with Gasteiger partial charge in [0, 0.05) is 6.54 Å². The maximum Gasteiger partial charge on any atom is 0.206 e. The van der Waals surface area contributed by atoms with Crippen molar-refractivity contribution in [3.05, 3.63) is 29.6 Å². The third-order valence-electron chi connectivity index (χ3n) is 2.02. The van der Waals surface area contributed by atoms with Gasteiger partial charge in [-0.05, 0) is 30.7 Å². The topological polar surface area (TPSA) is 80.4 Å². The van der Waals surface area contributed by atoms with E-state index in [1.54, 1.807) is 0 Å². The second kappa shape index (κ2) is 4.26. The van der Waals surface area contributed by atoms with Gasteiger partial charge < -0.3 is 10.8 Å². The molecule has 0 radical (unpaired) electrons. The van der Waals surface area contributed by atoms with Gasteiger partial charge >= 0.3 is 0 Å². The fourth-order valence-corrected chi connectivity index (χ4v) is 2.24. The Morgan fingerprint density at radius 2 is 2.13 bits per heavy atom. The Morgan fingerprint density at radius 1 is 1.53 bits per heavy atom. The summed E-state index contributed by atoms with van der Waals surface area (Å²) in [6.07, 6.45) is 0. The lowest BCUT2D eigenvalue weighted by Crippen LogP contribution is -2.29. The monoisotopic (exact) mass is 233 g/mol. The average molecular weight is 233 g/mol. The summed E-state index contributed by atoms with van der Waals surface area (Å²) >= 11 is 0. The third-order valence-corrected chi connectivity index (χ3v) is 3.84. The predicted molar refractivity (Wildman–Crippen MR) is 53.4 cm³/mol. The fraction of sp³-hybridized carbons (Fsp3) is 0.333. The van der Waals surface area contributed by atoms with Gasteiger partial charge in [0.1, 0.15) is 5.82 Å². The van der Waals surface area contributed by atoms with Crippen LogP contribution in [0.15, 0.2) is 23.1 Å². The van der Waals surface area contributed by atoms with Crippen molar-refractivity contribution in [2.24, 2.45) is 5.73 Å². The molecule has 0 aliphatic carbocycles. The van der Waals surface area contributed by atoms with E-state index in [1.165, 1.54) is 13.0 Å². The molecular formula is C9H12FNO3S. The first kappa shape index (κ1) is 12.1. The molecule has 6 heteroatoms. The lowest BCUT2D eigenvalue weighted by Gasteiger charge is -2.10. The van der Waals surface area contributed by atoms with Gasteiger partial charge in [0.05, 0.1) is 4.90 Å².